The number of nitro benzene ring substituents is 1. The third kappa shape index (κ3) is 3.76. The second-order valence-electron chi connectivity index (χ2n) is 3.74. The molecule has 17 heavy (non-hydrogen) atoms. The van der Waals surface area contributed by atoms with E-state index in [1.807, 2.05) is 4.90 Å². The monoisotopic (exact) mass is 242 g/mol. The Labute approximate surface area is 98.9 Å². The van der Waals surface area contributed by atoms with Crippen molar-refractivity contribution in [2.24, 2.45) is 0 Å². The standard InChI is InChI=1S/C11H15FN2O3/c1-13(6-7-17-2)8-9-4-3-5-10(11(9)12)14(15)16/h3-5H,6-8H2,1-2H3. The second kappa shape index (κ2) is 6.27. The number of rotatable bonds is 6. The van der Waals surface area contributed by atoms with E-state index in [-0.39, 0.29) is 0 Å². The average Bonchev–Trinajstić information content (AvgIpc) is 2.28. The van der Waals surface area contributed by atoms with Gasteiger partial charge in [-0.05, 0) is 7.05 Å². The number of methoxy groups -OCH3 is 1. The van der Waals surface area contributed by atoms with Crippen molar-refractivity contribution in [3.63, 3.8) is 0 Å². The lowest BCUT2D eigenvalue weighted by Gasteiger charge is -2.16. The minimum absolute atomic E-state index is 0.316. The van der Waals surface area contributed by atoms with Crippen molar-refractivity contribution in [1.29, 1.82) is 0 Å². The molecule has 5 nitrogen and oxygen atoms in total. The lowest BCUT2D eigenvalue weighted by atomic mass is 10.1. The van der Waals surface area contributed by atoms with Crippen LogP contribution in [-0.2, 0) is 11.3 Å². The molecular weight excluding hydrogens is 227 g/mol. The molecule has 6 heteroatoms. The number of hydrogen-bond acceptors (Lipinski definition) is 4. The Balaban J connectivity index is 2.77. The topological polar surface area (TPSA) is 55.6 Å². The molecule has 0 aliphatic rings. The van der Waals surface area contributed by atoms with Crippen LogP contribution in [0.1, 0.15) is 5.56 Å². The van der Waals surface area contributed by atoms with Crippen molar-refractivity contribution in [3.05, 3.63) is 39.7 Å². The first kappa shape index (κ1) is 13.5. The fourth-order valence-electron chi connectivity index (χ4n) is 1.45. The van der Waals surface area contributed by atoms with Crippen LogP contribution in [0.5, 0.6) is 0 Å². The summed E-state index contributed by atoms with van der Waals surface area (Å²) < 4.78 is 18.6. The molecule has 0 aromatic heterocycles. The molecule has 0 spiro atoms. The smallest absolute Gasteiger partial charge is 0.305 e. The third-order valence-electron chi connectivity index (χ3n) is 2.37. The number of benzene rings is 1. The van der Waals surface area contributed by atoms with Gasteiger partial charge in [0.2, 0.25) is 5.82 Å². The van der Waals surface area contributed by atoms with Crippen LogP contribution in [0.3, 0.4) is 0 Å². The first-order valence-electron chi connectivity index (χ1n) is 5.15. The van der Waals surface area contributed by atoms with E-state index in [2.05, 4.69) is 0 Å². The highest BCUT2D eigenvalue weighted by atomic mass is 19.1. The van der Waals surface area contributed by atoms with Crippen LogP contribution in [0, 0.1) is 15.9 Å². The number of nitro groups is 1. The summed E-state index contributed by atoms with van der Waals surface area (Å²) in [5.41, 5.74) is -0.166. The zero-order valence-electron chi connectivity index (χ0n) is 9.85. The third-order valence-corrected chi connectivity index (χ3v) is 2.37. The average molecular weight is 242 g/mol. The van der Waals surface area contributed by atoms with Crippen LogP contribution < -0.4 is 0 Å². The molecule has 0 saturated heterocycles. The van der Waals surface area contributed by atoms with E-state index >= 15 is 0 Å². The summed E-state index contributed by atoms with van der Waals surface area (Å²) >= 11 is 0. The molecule has 0 N–H and O–H groups in total. The van der Waals surface area contributed by atoms with E-state index in [1.165, 1.54) is 6.07 Å². The van der Waals surface area contributed by atoms with E-state index in [4.69, 9.17) is 4.74 Å². The van der Waals surface area contributed by atoms with Crippen molar-refractivity contribution < 1.29 is 14.1 Å². The van der Waals surface area contributed by atoms with Crippen LogP contribution >= 0.6 is 0 Å². The zero-order valence-corrected chi connectivity index (χ0v) is 9.85. The fourth-order valence-corrected chi connectivity index (χ4v) is 1.45. The molecule has 94 valence electrons. The quantitative estimate of drug-likeness (QED) is 0.564. The van der Waals surface area contributed by atoms with Gasteiger partial charge in [-0.1, -0.05) is 12.1 Å². The number of halogens is 1. The predicted molar refractivity (Wildman–Crippen MR) is 61.3 cm³/mol. The summed E-state index contributed by atoms with van der Waals surface area (Å²) in [6.45, 7) is 1.49. The van der Waals surface area contributed by atoms with Crippen LogP contribution in [0.2, 0.25) is 0 Å². The number of ether oxygens (including phenoxy) is 1. The molecule has 0 bridgehead atoms. The maximum Gasteiger partial charge on any atom is 0.305 e. The zero-order chi connectivity index (χ0) is 12.8. The number of nitrogens with zero attached hydrogens (tertiary/aromatic N) is 2. The van der Waals surface area contributed by atoms with Gasteiger partial charge in [0.25, 0.3) is 0 Å². The minimum atomic E-state index is -0.762. The van der Waals surface area contributed by atoms with Gasteiger partial charge in [-0.25, -0.2) is 0 Å². The van der Waals surface area contributed by atoms with Crippen molar-refractivity contribution in [2.75, 3.05) is 27.3 Å². The van der Waals surface area contributed by atoms with Crippen LogP contribution in [0.15, 0.2) is 18.2 Å². The van der Waals surface area contributed by atoms with Gasteiger partial charge in [0.05, 0.1) is 11.5 Å². The minimum Gasteiger partial charge on any atom is -0.383 e. The normalized spacial score (nSPS) is 10.8. The van der Waals surface area contributed by atoms with Crippen LogP contribution in [0.4, 0.5) is 10.1 Å². The highest BCUT2D eigenvalue weighted by Gasteiger charge is 2.17. The molecule has 1 rings (SSSR count). The van der Waals surface area contributed by atoms with E-state index in [0.717, 1.165) is 6.07 Å². The van der Waals surface area contributed by atoms with Gasteiger partial charge >= 0.3 is 5.69 Å². The molecule has 0 radical (unpaired) electrons. The molecule has 0 saturated carbocycles. The number of likely N-dealkylation sites (N-methyl/N-ethyl adjacent to an activating group) is 1. The summed E-state index contributed by atoms with van der Waals surface area (Å²) in [6, 6.07) is 4.19. The molecule has 0 unspecified atom stereocenters. The molecular formula is C11H15FN2O3. The Morgan fingerprint density at radius 3 is 2.82 bits per heavy atom. The van der Waals surface area contributed by atoms with Gasteiger partial charge in [0, 0.05) is 31.8 Å². The van der Waals surface area contributed by atoms with Gasteiger partial charge in [-0.3, -0.25) is 15.0 Å². The lowest BCUT2D eigenvalue weighted by molar-refractivity contribution is -0.387. The van der Waals surface area contributed by atoms with Gasteiger partial charge in [-0.2, -0.15) is 4.39 Å². The predicted octanol–water partition coefficient (Wildman–Crippen LogP) is 1.81. The van der Waals surface area contributed by atoms with E-state index in [1.54, 1.807) is 20.2 Å². The molecule has 0 aliphatic carbocycles. The van der Waals surface area contributed by atoms with Gasteiger partial charge in [-0.15, -0.1) is 0 Å². The van der Waals surface area contributed by atoms with Crippen molar-refractivity contribution in [1.82, 2.24) is 4.90 Å². The number of hydrogen-bond donors (Lipinski definition) is 0. The SMILES string of the molecule is COCCN(C)Cc1cccc([N+](=O)[O-])c1F. The first-order valence-corrected chi connectivity index (χ1v) is 5.15. The molecule has 0 atom stereocenters. The lowest BCUT2D eigenvalue weighted by Crippen LogP contribution is -2.23. The maximum absolute atomic E-state index is 13.7. The molecule has 0 aliphatic heterocycles. The van der Waals surface area contributed by atoms with Crippen LogP contribution in [-0.4, -0.2) is 37.1 Å². The Hall–Kier alpha value is -1.53. The Morgan fingerprint density at radius 2 is 2.24 bits per heavy atom. The van der Waals surface area contributed by atoms with E-state index in [0.29, 0.717) is 25.3 Å². The summed E-state index contributed by atoms with van der Waals surface area (Å²) in [7, 11) is 3.39. The van der Waals surface area contributed by atoms with Crippen LogP contribution in [0.25, 0.3) is 0 Å². The van der Waals surface area contributed by atoms with Gasteiger partial charge < -0.3 is 4.74 Å². The summed E-state index contributed by atoms with van der Waals surface area (Å²) in [4.78, 5) is 11.7. The maximum atomic E-state index is 13.7. The Bertz CT molecular complexity index is 398. The van der Waals surface area contributed by atoms with Crippen molar-refractivity contribution in [2.45, 2.75) is 6.54 Å². The second-order valence-corrected chi connectivity index (χ2v) is 3.74. The van der Waals surface area contributed by atoms with Gasteiger partial charge in [0.1, 0.15) is 0 Å². The molecule has 1 aromatic carbocycles. The van der Waals surface area contributed by atoms with Crippen molar-refractivity contribution >= 4 is 5.69 Å². The van der Waals surface area contributed by atoms with E-state index < -0.39 is 16.4 Å². The molecule has 0 fully saturated rings. The summed E-state index contributed by atoms with van der Waals surface area (Å²) in [5, 5.41) is 10.6. The molecule has 0 amide bonds. The highest BCUT2D eigenvalue weighted by Crippen LogP contribution is 2.20. The molecule has 0 heterocycles. The molecule has 1 aromatic rings. The first-order chi connectivity index (χ1) is 8.06. The fraction of sp³-hybridized carbons (Fsp3) is 0.455. The van der Waals surface area contributed by atoms with E-state index in [9.17, 15) is 14.5 Å². The van der Waals surface area contributed by atoms with Crippen molar-refractivity contribution in [3.8, 4) is 0 Å². The van der Waals surface area contributed by atoms with Gasteiger partial charge in [0.15, 0.2) is 0 Å². The largest absolute Gasteiger partial charge is 0.383 e. The summed E-state index contributed by atoms with van der Waals surface area (Å²) in [5.74, 6) is -0.762. The summed E-state index contributed by atoms with van der Waals surface area (Å²) in [6.07, 6.45) is 0. The Morgan fingerprint density at radius 1 is 1.53 bits per heavy atom. The highest BCUT2D eigenvalue weighted by molar-refractivity contribution is 5.36. The Kier molecular flexibility index (Phi) is 4.99.